The summed E-state index contributed by atoms with van der Waals surface area (Å²) in [6, 6.07) is 0. The minimum atomic E-state index is 0.457. The van der Waals surface area contributed by atoms with Crippen molar-refractivity contribution in [2.45, 2.75) is 26.3 Å². The first-order chi connectivity index (χ1) is 10.7. The van der Waals surface area contributed by atoms with E-state index in [1.165, 1.54) is 0 Å². The number of hydrogen-bond acceptors (Lipinski definition) is 5. The number of aromatic nitrogens is 6. The van der Waals surface area contributed by atoms with E-state index in [0.717, 1.165) is 42.3 Å². The van der Waals surface area contributed by atoms with Crippen LogP contribution in [0.15, 0.2) is 24.9 Å². The molecule has 7 nitrogen and oxygen atoms in total. The lowest BCUT2D eigenvalue weighted by Gasteiger charge is -2.40. The first-order valence-corrected chi connectivity index (χ1v) is 7.62. The molecule has 1 fully saturated rings. The van der Waals surface area contributed by atoms with Gasteiger partial charge in [0.15, 0.2) is 5.65 Å². The average molecular weight is 297 g/mol. The van der Waals surface area contributed by atoms with E-state index in [2.05, 4.69) is 54.7 Å². The third-order valence-corrected chi connectivity index (χ3v) is 4.20. The summed E-state index contributed by atoms with van der Waals surface area (Å²) in [5, 5.41) is 7.93. The number of H-pyrrole nitrogens is 1. The van der Waals surface area contributed by atoms with Gasteiger partial charge in [0.2, 0.25) is 0 Å². The van der Waals surface area contributed by atoms with Gasteiger partial charge in [0, 0.05) is 43.9 Å². The molecule has 1 N–H and O–H groups in total. The second kappa shape index (κ2) is 5.08. The Morgan fingerprint density at radius 2 is 2.14 bits per heavy atom. The van der Waals surface area contributed by atoms with Gasteiger partial charge in [-0.05, 0) is 0 Å². The van der Waals surface area contributed by atoms with Gasteiger partial charge in [-0.2, -0.15) is 5.10 Å². The predicted octanol–water partition coefficient (Wildman–Crippen LogP) is 1.81. The second-order valence-corrected chi connectivity index (χ2v) is 6.19. The van der Waals surface area contributed by atoms with Crippen molar-refractivity contribution >= 4 is 16.9 Å². The van der Waals surface area contributed by atoms with Crippen molar-refractivity contribution in [3.63, 3.8) is 0 Å². The smallest absolute Gasteiger partial charge is 0.160 e. The van der Waals surface area contributed by atoms with Crippen molar-refractivity contribution in [2.24, 2.45) is 5.92 Å². The average Bonchev–Trinajstić information content (AvgIpc) is 3.10. The number of hydrogen-bond donors (Lipinski definition) is 1. The van der Waals surface area contributed by atoms with E-state index in [4.69, 9.17) is 0 Å². The Bertz CT molecular complexity index is 782. The molecule has 1 aliphatic heterocycles. The van der Waals surface area contributed by atoms with Gasteiger partial charge in [-0.15, -0.1) is 0 Å². The molecule has 0 aromatic carbocycles. The SMILES string of the molecule is CC(C)c1nccn1CC1CN(c2ncnc3[nH]ncc23)C1. The summed E-state index contributed by atoms with van der Waals surface area (Å²) >= 11 is 0. The van der Waals surface area contributed by atoms with E-state index in [0.29, 0.717) is 11.8 Å². The summed E-state index contributed by atoms with van der Waals surface area (Å²) in [5.41, 5.74) is 0.796. The summed E-state index contributed by atoms with van der Waals surface area (Å²) in [6.45, 7) is 7.40. The highest BCUT2D eigenvalue weighted by Gasteiger charge is 2.30. The molecular formula is C15H19N7. The van der Waals surface area contributed by atoms with E-state index >= 15 is 0 Å². The largest absolute Gasteiger partial charge is 0.355 e. The molecule has 0 atom stereocenters. The van der Waals surface area contributed by atoms with E-state index in [1.807, 2.05) is 6.20 Å². The number of nitrogens with one attached hydrogen (secondary N) is 1. The van der Waals surface area contributed by atoms with E-state index in [1.54, 1.807) is 12.5 Å². The fourth-order valence-electron chi connectivity index (χ4n) is 3.12. The summed E-state index contributed by atoms with van der Waals surface area (Å²) in [4.78, 5) is 15.3. The van der Waals surface area contributed by atoms with Gasteiger partial charge < -0.3 is 9.47 Å². The standard InChI is InChI=1S/C15H19N7/c1-10(2)14-16-3-4-21(14)6-11-7-22(8-11)15-12-5-19-20-13(12)17-9-18-15/h3-5,9-11H,6-8H2,1-2H3,(H,17,18,19,20). The topological polar surface area (TPSA) is 75.5 Å². The molecule has 4 rings (SSSR count). The zero-order chi connectivity index (χ0) is 15.1. The highest BCUT2D eigenvalue weighted by molar-refractivity contribution is 5.86. The first kappa shape index (κ1) is 13.2. The molecule has 0 bridgehead atoms. The van der Waals surface area contributed by atoms with Crippen molar-refractivity contribution in [3.05, 3.63) is 30.7 Å². The third kappa shape index (κ3) is 2.13. The van der Waals surface area contributed by atoms with E-state index in [9.17, 15) is 0 Å². The zero-order valence-electron chi connectivity index (χ0n) is 12.8. The minimum absolute atomic E-state index is 0.457. The quantitative estimate of drug-likeness (QED) is 0.795. The highest BCUT2D eigenvalue weighted by atomic mass is 15.3. The summed E-state index contributed by atoms with van der Waals surface area (Å²) < 4.78 is 2.28. The zero-order valence-corrected chi connectivity index (χ0v) is 12.8. The van der Waals surface area contributed by atoms with Gasteiger partial charge in [0.1, 0.15) is 18.0 Å². The van der Waals surface area contributed by atoms with Crippen LogP contribution in [0.3, 0.4) is 0 Å². The van der Waals surface area contributed by atoms with Gasteiger partial charge in [-0.3, -0.25) is 5.10 Å². The van der Waals surface area contributed by atoms with Gasteiger partial charge in [0.25, 0.3) is 0 Å². The Morgan fingerprint density at radius 3 is 2.95 bits per heavy atom. The number of rotatable bonds is 4. The molecule has 1 saturated heterocycles. The monoisotopic (exact) mass is 297 g/mol. The number of aromatic amines is 1. The maximum atomic E-state index is 4.45. The molecule has 0 amide bonds. The van der Waals surface area contributed by atoms with Crippen molar-refractivity contribution in [1.29, 1.82) is 0 Å². The molecule has 0 unspecified atom stereocenters. The molecule has 0 saturated carbocycles. The summed E-state index contributed by atoms with van der Waals surface area (Å²) in [5.74, 6) is 3.23. The van der Waals surface area contributed by atoms with Crippen LogP contribution in [-0.2, 0) is 6.54 Å². The van der Waals surface area contributed by atoms with Gasteiger partial charge >= 0.3 is 0 Å². The van der Waals surface area contributed by atoms with Crippen LogP contribution in [0, 0.1) is 5.92 Å². The summed E-state index contributed by atoms with van der Waals surface area (Å²) in [6.07, 6.45) is 7.36. The lowest BCUT2D eigenvalue weighted by molar-refractivity contribution is 0.349. The maximum Gasteiger partial charge on any atom is 0.160 e. The molecule has 0 spiro atoms. The number of anilines is 1. The van der Waals surface area contributed by atoms with Gasteiger partial charge in [-0.1, -0.05) is 13.8 Å². The lowest BCUT2D eigenvalue weighted by Crippen LogP contribution is -2.49. The molecule has 0 radical (unpaired) electrons. The normalized spacial score (nSPS) is 15.7. The van der Waals surface area contributed by atoms with Crippen molar-refractivity contribution < 1.29 is 0 Å². The molecule has 22 heavy (non-hydrogen) atoms. The van der Waals surface area contributed by atoms with Crippen LogP contribution in [-0.4, -0.2) is 42.8 Å². The molecule has 114 valence electrons. The van der Waals surface area contributed by atoms with Crippen LogP contribution in [0.5, 0.6) is 0 Å². The highest BCUT2D eigenvalue weighted by Crippen LogP contribution is 2.29. The Labute approximate surface area is 128 Å². The maximum absolute atomic E-state index is 4.45. The number of imidazole rings is 1. The Hall–Kier alpha value is -2.44. The molecule has 7 heteroatoms. The third-order valence-electron chi connectivity index (χ3n) is 4.20. The molecular weight excluding hydrogens is 278 g/mol. The second-order valence-electron chi connectivity index (χ2n) is 6.19. The fraction of sp³-hybridized carbons (Fsp3) is 0.467. The van der Waals surface area contributed by atoms with E-state index < -0.39 is 0 Å². The fourth-order valence-corrected chi connectivity index (χ4v) is 3.12. The number of fused-ring (bicyclic) bond motifs is 1. The van der Waals surface area contributed by atoms with Crippen molar-refractivity contribution in [1.82, 2.24) is 29.7 Å². The van der Waals surface area contributed by atoms with Crippen LogP contribution in [0.2, 0.25) is 0 Å². The van der Waals surface area contributed by atoms with Crippen LogP contribution < -0.4 is 4.90 Å². The van der Waals surface area contributed by atoms with Crippen LogP contribution in [0.4, 0.5) is 5.82 Å². The lowest BCUT2D eigenvalue weighted by atomic mass is 9.99. The first-order valence-electron chi connectivity index (χ1n) is 7.62. The Balaban J connectivity index is 1.46. The van der Waals surface area contributed by atoms with Crippen LogP contribution in [0.1, 0.15) is 25.6 Å². The van der Waals surface area contributed by atoms with E-state index in [-0.39, 0.29) is 0 Å². The molecule has 0 aliphatic carbocycles. The van der Waals surface area contributed by atoms with Gasteiger partial charge in [0.05, 0.1) is 11.6 Å². The summed E-state index contributed by atoms with van der Waals surface area (Å²) in [7, 11) is 0. The minimum Gasteiger partial charge on any atom is -0.355 e. The van der Waals surface area contributed by atoms with Crippen LogP contribution >= 0.6 is 0 Å². The van der Waals surface area contributed by atoms with Crippen LogP contribution in [0.25, 0.3) is 11.0 Å². The Kier molecular flexibility index (Phi) is 3.06. The van der Waals surface area contributed by atoms with Crippen molar-refractivity contribution in [3.8, 4) is 0 Å². The van der Waals surface area contributed by atoms with Crippen molar-refractivity contribution in [2.75, 3.05) is 18.0 Å². The number of nitrogens with zero attached hydrogens (tertiary/aromatic N) is 6. The molecule has 4 heterocycles. The van der Waals surface area contributed by atoms with Gasteiger partial charge in [-0.25, -0.2) is 15.0 Å². The molecule has 1 aliphatic rings. The predicted molar refractivity (Wildman–Crippen MR) is 83.7 cm³/mol. The molecule has 3 aromatic rings. The Morgan fingerprint density at radius 1 is 1.27 bits per heavy atom. The molecule has 3 aromatic heterocycles.